The zero-order valence-corrected chi connectivity index (χ0v) is 12.7. The average molecular weight is 305 g/mol. The summed E-state index contributed by atoms with van der Waals surface area (Å²) in [6.07, 6.45) is 0. The van der Waals surface area contributed by atoms with Gasteiger partial charge in [-0.05, 0) is 5.92 Å². The predicted molar refractivity (Wildman–Crippen MR) is 75.1 cm³/mol. The van der Waals surface area contributed by atoms with Crippen LogP contribution >= 0.6 is 24.8 Å². The molecule has 0 amide bonds. The number of halogens is 2. The first kappa shape index (κ1) is 17.4. The van der Waals surface area contributed by atoms with Gasteiger partial charge >= 0.3 is 0 Å². The summed E-state index contributed by atoms with van der Waals surface area (Å²) in [5, 5.41) is 3.32. The second kappa shape index (κ2) is 6.57. The molecule has 2 atom stereocenters. The van der Waals surface area contributed by atoms with Gasteiger partial charge in [0.05, 0.1) is 11.5 Å². The number of sulfone groups is 1. The molecule has 4 nitrogen and oxygen atoms in total. The highest BCUT2D eigenvalue weighted by Gasteiger charge is 2.42. The van der Waals surface area contributed by atoms with E-state index in [0.29, 0.717) is 17.4 Å². The number of nitrogens with zero attached hydrogens (tertiary/aromatic N) is 1. The summed E-state index contributed by atoms with van der Waals surface area (Å²) in [6.45, 7) is 7.28. The molecule has 2 rings (SSSR count). The summed E-state index contributed by atoms with van der Waals surface area (Å²) in [7, 11) is -2.80. The quantitative estimate of drug-likeness (QED) is 0.810. The maximum absolute atomic E-state index is 11.6. The van der Waals surface area contributed by atoms with Gasteiger partial charge in [0.1, 0.15) is 0 Å². The van der Waals surface area contributed by atoms with Crippen LogP contribution in [0.2, 0.25) is 0 Å². The van der Waals surface area contributed by atoms with Gasteiger partial charge < -0.3 is 5.32 Å². The van der Waals surface area contributed by atoms with Crippen molar-refractivity contribution < 1.29 is 8.42 Å². The molecule has 0 bridgehead atoms. The molecule has 2 heterocycles. The van der Waals surface area contributed by atoms with E-state index in [4.69, 9.17) is 0 Å². The molecule has 0 aromatic heterocycles. The van der Waals surface area contributed by atoms with Crippen molar-refractivity contribution in [3.63, 3.8) is 0 Å². The molecular weight excluding hydrogens is 283 g/mol. The number of rotatable bonds is 2. The van der Waals surface area contributed by atoms with Gasteiger partial charge in [0.25, 0.3) is 0 Å². The van der Waals surface area contributed by atoms with E-state index in [1.165, 1.54) is 0 Å². The number of hydrogen-bond donors (Lipinski definition) is 1. The van der Waals surface area contributed by atoms with Crippen LogP contribution in [0.1, 0.15) is 13.8 Å². The Labute approximate surface area is 116 Å². The van der Waals surface area contributed by atoms with E-state index in [9.17, 15) is 8.42 Å². The SMILES string of the molecule is CC(C)CN1CCNC2CS(=O)(=O)CC21.Cl.Cl. The predicted octanol–water partition coefficient (Wildman–Crippen LogP) is 0.557. The summed E-state index contributed by atoms with van der Waals surface area (Å²) < 4.78 is 23.1. The van der Waals surface area contributed by atoms with Crippen molar-refractivity contribution in [1.29, 1.82) is 0 Å². The van der Waals surface area contributed by atoms with Crippen molar-refractivity contribution >= 4 is 34.7 Å². The fourth-order valence-corrected chi connectivity index (χ4v) is 4.63. The summed E-state index contributed by atoms with van der Waals surface area (Å²) in [6, 6.07) is 0.383. The van der Waals surface area contributed by atoms with Gasteiger partial charge in [-0.3, -0.25) is 4.90 Å². The zero-order valence-electron chi connectivity index (χ0n) is 10.3. The Morgan fingerprint density at radius 2 is 1.94 bits per heavy atom. The molecule has 104 valence electrons. The number of piperazine rings is 1. The maximum Gasteiger partial charge on any atom is 0.153 e. The zero-order chi connectivity index (χ0) is 11.1. The third-order valence-corrected chi connectivity index (χ3v) is 4.91. The van der Waals surface area contributed by atoms with Crippen LogP contribution in [0.15, 0.2) is 0 Å². The molecule has 0 radical (unpaired) electrons. The van der Waals surface area contributed by atoms with E-state index < -0.39 is 9.84 Å². The fourth-order valence-electron chi connectivity index (χ4n) is 2.64. The molecule has 2 fully saturated rings. The second-order valence-electron chi connectivity index (χ2n) is 5.09. The van der Waals surface area contributed by atoms with E-state index in [1.807, 2.05) is 0 Å². The van der Waals surface area contributed by atoms with E-state index in [1.54, 1.807) is 0 Å². The lowest BCUT2D eigenvalue weighted by atomic mass is 10.1. The van der Waals surface area contributed by atoms with Crippen LogP contribution in [-0.2, 0) is 9.84 Å². The van der Waals surface area contributed by atoms with Crippen LogP contribution in [0.4, 0.5) is 0 Å². The Balaban J connectivity index is 0.00000128. The highest BCUT2D eigenvalue weighted by Crippen LogP contribution is 2.21. The monoisotopic (exact) mass is 304 g/mol. The molecule has 0 aliphatic carbocycles. The number of fused-ring (bicyclic) bond motifs is 1. The highest BCUT2D eigenvalue weighted by molar-refractivity contribution is 7.91. The first-order valence-electron chi connectivity index (χ1n) is 5.66. The molecule has 1 N–H and O–H groups in total. The Kier molecular flexibility index (Phi) is 6.74. The van der Waals surface area contributed by atoms with Crippen LogP contribution in [0.3, 0.4) is 0 Å². The minimum Gasteiger partial charge on any atom is -0.310 e. The lowest BCUT2D eigenvalue weighted by molar-refractivity contribution is 0.133. The lowest BCUT2D eigenvalue weighted by Gasteiger charge is -2.38. The minimum atomic E-state index is -2.80. The Hall–Kier alpha value is 0.450. The number of hydrogen-bond acceptors (Lipinski definition) is 4. The van der Waals surface area contributed by atoms with Crippen LogP contribution < -0.4 is 5.32 Å². The van der Waals surface area contributed by atoms with Crippen LogP contribution in [0.25, 0.3) is 0 Å². The first-order valence-corrected chi connectivity index (χ1v) is 7.48. The van der Waals surface area contributed by atoms with Crippen LogP contribution in [0.5, 0.6) is 0 Å². The molecule has 0 saturated carbocycles. The van der Waals surface area contributed by atoms with E-state index in [0.717, 1.165) is 19.6 Å². The highest BCUT2D eigenvalue weighted by atomic mass is 35.5. The average Bonchev–Trinajstić information content (AvgIpc) is 2.39. The number of nitrogens with one attached hydrogen (secondary N) is 1. The van der Waals surface area contributed by atoms with E-state index in [2.05, 4.69) is 24.1 Å². The van der Waals surface area contributed by atoms with E-state index in [-0.39, 0.29) is 36.9 Å². The van der Waals surface area contributed by atoms with Gasteiger partial charge in [-0.1, -0.05) is 13.8 Å². The molecule has 0 aromatic carbocycles. The van der Waals surface area contributed by atoms with Crippen LogP contribution in [-0.4, -0.2) is 56.5 Å². The summed E-state index contributed by atoms with van der Waals surface area (Å²) in [5.74, 6) is 1.27. The van der Waals surface area contributed by atoms with Crippen molar-refractivity contribution in [3.05, 3.63) is 0 Å². The molecule has 0 spiro atoms. The van der Waals surface area contributed by atoms with Crippen LogP contribution in [0, 0.1) is 5.92 Å². The third-order valence-electron chi connectivity index (χ3n) is 3.20. The third kappa shape index (κ3) is 4.24. The van der Waals surface area contributed by atoms with Gasteiger partial charge in [-0.2, -0.15) is 0 Å². The Morgan fingerprint density at radius 3 is 2.53 bits per heavy atom. The van der Waals surface area contributed by atoms with Crippen molar-refractivity contribution in [1.82, 2.24) is 10.2 Å². The van der Waals surface area contributed by atoms with Crippen molar-refractivity contribution in [2.75, 3.05) is 31.1 Å². The van der Waals surface area contributed by atoms with Crippen molar-refractivity contribution in [2.45, 2.75) is 25.9 Å². The molecular formula is C10H22Cl2N2O2S. The summed E-state index contributed by atoms with van der Waals surface area (Å²) in [4.78, 5) is 2.34. The first-order chi connectivity index (χ1) is 6.98. The standard InChI is InChI=1S/C10H20N2O2S.2ClH/c1-8(2)5-12-4-3-11-9-6-15(13,14)7-10(9)12;;/h8-11H,3-7H2,1-2H3;2*1H. The Morgan fingerprint density at radius 1 is 1.29 bits per heavy atom. The molecule has 0 aromatic rings. The lowest BCUT2D eigenvalue weighted by Crippen LogP contribution is -2.57. The second-order valence-corrected chi connectivity index (χ2v) is 7.25. The van der Waals surface area contributed by atoms with Gasteiger partial charge in [0, 0.05) is 31.7 Å². The molecule has 2 unspecified atom stereocenters. The Bertz CT molecular complexity index is 335. The van der Waals surface area contributed by atoms with Crippen molar-refractivity contribution in [3.8, 4) is 0 Å². The molecule has 2 saturated heterocycles. The van der Waals surface area contributed by atoms with Gasteiger partial charge in [0.2, 0.25) is 0 Å². The van der Waals surface area contributed by atoms with Gasteiger partial charge in [0.15, 0.2) is 9.84 Å². The van der Waals surface area contributed by atoms with Gasteiger partial charge in [-0.25, -0.2) is 8.42 Å². The molecule has 2 aliphatic heterocycles. The largest absolute Gasteiger partial charge is 0.310 e. The van der Waals surface area contributed by atoms with Gasteiger partial charge in [-0.15, -0.1) is 24.8 Å². The molecule has 2 aliphatic rings. The topological polar surface area (TPSA) is 49.4 Å². The molecule has 7 heteroatoms. The normalized spacial score (nSPS) is 31.5. The van der Waals surface area contributed by atoms with Crippen molar-refractivity contribution in [2.24, 2.45) is 5.92 Å². The maximum atomic E-state index is 11.6. The van der Waals surface area contributed by atoms with E-state index >= 15 is 0 Å². The fraction of sp³-hybridized carbons (Fsp3) is 1.00. The minimum absolute atomic E-state index is 0. The summed E-state index contributed by atoms with van der Waals surface area (Å²) >= 11 is 0. The molecule has 17 heavy (non-hydrogen) atoms. The summed E-state index contributed by atoms with van der Waals surface area (Å²) in [5.41, 5.74) is 0. The smallest absolute Gasteiger partial charge is 0.153 e.